The van der Waals surface area contributed by atoms with Crippen molar-refractivity contribution in [2.24, 2.45) is 10.9 Å². The molecule has 1 unspecified atom stereocenters. The minimum absolute atomic E-state index is 0. The van der Waals surface area contributed by atoms with Crippen LogP contribution in [0.15, 0.2) is 10.4 Å². The predicted octanol–water partition coefficient (Wildman–Crippen LogP) is 1.94. The van der Waals surface area contributed by atoms with E-state index in [1.807, 2.05) is 0 Å². The van der Waals surface area contributed by atoms with Gasteiger partial charge in [0.1, 0.15) is 11.6 Å². The van der Waals surface area contributed by atoms with Crippen LogP contribution in [0.1, 0.15) is 17.1 Å². The minimum atomic E-state index is -4.45. The van der Waals surface area contributed by atoms with Gasteiger partial charge in [0.2, 0.25) is 5.91 Å². The molecule has 1 atom stereocenters. The molecule has 1 amide bonds. The molecule has 0 saturated carbocycles. The van der Waals surface area contributed by atoms with Gasteiger partial charge in [-0.15, -0.1) is 35.3 Å². The van der Waals surface area contributed by atoms with Gasteiger partial charge in [-0.2, -0.15) is 13.2 Å². The van der Waals surface area contributed by atoms with Gasteiger partial charge in [-0.25, -0.2) is 9.98 Å². The summed E-state index contributed by atoms with van der Waals surface area (Å²) in [6, 6.07) is 0. The molecule has 0 radical (unpaired) electrons. The van der Waals surface area contributed by atoms with Crippen LogP contribution >= 0.6 is 35.3 Å². The standard InChI is InChI=1S/C15H22F3N5O2S.HI/c1-23(2)13(24)7-21-14(19-5-10-3-4-25-8-10)20-6-12-22-11(9-26-12)15(16,17)18;/h9-10H,3-8H2,1-2H3,(H2,19,20,21);1H. The van der Waals surface area contributed by atoms with Gasteiger partial charge >= 0.3 is 6.18 Å². The molecule has 1 aliphatic heterocycles. The molecule has 2 N–H and O–H groups in total. The lowest BCUT2D eigenvalue weighted by atomic mass is 10.1. The molecule has 7 nitrogen and oxygen atoms in total. The van der Waals surface area contributed by atoms with Crippen LogP contribution in [-0.4, -0.2) is 62.1 Å². The van der Waals surface area contributed by atoms with Crippen molar-refractivity contribution in [1.29, 1.82) is 0 Å². The molecule has 1 aromatic heterocycles. The molecule has 2 rings (SSSR count). The number of hydrogen-bond donors (Lipinski definition) is 2. The van der Waals surface area contributed by atoms with Gasteiger partial charge in [0, 0.05) is 38.5 Å². The Balaban J connectivity index is 0.00000364. The first-order valence-electron chi connectivity index (χ1n) is 8.07. The van der Waals surface area contributed by atoms with E-state index in [0.29, 0.717) is 31.6 Å². The predicted molar refractivity (Wildman–Crippen MR) is 107 cm³/mol. The molecule has 1 fully saturated rings. The Labute approximate surface area is 176 Å². The summed E-state index contributed by atoms with van der Waals surface area (Å²) in [6.07, 6.45) is -3.52. The zero-order valence-electron chi connectivity index (χ0n) is 15.0. The number of amides is 1. The molecule has 1 aromatic rings. The van der Waals surface area contributed by atoms with E-state index in [1.54, 1.807) is 14.1 Å². The monoisotopic (exact) mass is 521 g/mol. The second kappa shape index (κ2) is 11.0. The number of alkyl halides is 3. The number of nitrogens with one attached hydrogen (secondary N) is 2. The lowest BCUT2D eigenvalue weighted by Crippen LogP contribution is -2.40. The number of rotatable bonds is 6. The van der Waals surface area contributed by atoms with Crippen molar-refractivity contribution >= 4 is 47.2 Å². The Bertz CT molecular complexity index is 633. The van der Waals surface area contributed by atoms with E-state index in [1.165, 1.54) is 4.90 Å². The summed E-state index contributed by atoms with van der Waals surface area (Å²) < 4.78 is 43.1. The average molecular weight is 521 g/mol. The lowest BCUT2D eigenvalue weighted by Gasteiger charge is -2.15. The summed E-state index contributed by atoms with van der Waals surface area (Å²) in [5, 5.41) is 7.30. The van der Waals surface area contributed by atoms with Gasteiger partial charge in [-0.05, 0) is 6.42 Å². The quantitative estimate of drug-likeness (QED) is 0.340. The zero-order valence-corrected chi connectivity index (χ0v) is 18.2. The number of halogens is 4. The maximum absolute atomic E-state index is 12.6. The highest BCUT2D eigenvalue weighted by Gasteiger charge is 2.33. The molecule has 0 aliphatic carbocycles. The first-order chi connectivity index (χ1) is 12.3. The Morgan fingerprint density at radius 3 is 2.74 bits per heavy atom. The number of hydrogen-bond acceptors (Lipinski definition) is 5. The van der Waals surface area contributed by atoms with Crippen LogP contribution in [0, 0.1) is 5.92 Å². The van der Waals surface area contributed by atoms with Crippen molar-refractivity contribution in [3.05, 3.63) is 16.1 Å². The van der Waals surface area contributed by atoms with Crippen LogP contribution in [0.5, 0.6) is 0 Å². The van der Waals surface area contributed by atoms with E-state index < -0.39 is 11.9 Å². The summed E-state index contributed by atoms with van der Waals surface area (Å²) in [5.41, 5.74) is -0.906. The average Bonchev–Trinajstić information content (AvgIpc) is 3.24. The third-order valence-electron chi connectivity index (χ3n) is 3.70. The first-order valence-corrected chi connectivity index (χ1v) is 8.95. The molecular formula is C15H23F3IN5O2S. The van der Waals surface area contributed by atoms with Gasteiger partial charge in [0.25, 0.3) is 0 Å². The molecule has 1 saturated heterocycles. The van der Waals surface area contributed by atoms with E-state index >= 15 is 0 Å². The van der Waals surface area contributed by atoms with Gasteiger partial charge < -0.3 is 20.3 Å². The molecule has 0 spiro atoms. The smallest absolute Gasteiger partial charge is 0.381 e. The van der Waals surface area contributed by atoms with Crippen LogP contribution in [-0.2, 0) is 22.3 Å². The van der Waals surface area contributed by atoms with Crippen LogP contribution in [0.25, 0.3) is 0 Å². The summed E-state index contributed by atoms with van der Waals surface area (Å²) in [4.78, 5) is 20.9. The van der Waals surface area contributed by atoms with Gasteiger partial charge in [0.15, 0.2) is 11.7 Å². The number of aliphatic imine (C=N–C) groups is 1. The fourth-order valence-electron chi connectivity index (χ4n) is 2.13. The highest BCUT2D eigenvalue weighted by molar-refractivity contribution is 14.0. The molecule has 2 heterocycles. The van der Waals surface area contributed by atoms with E-state index in [2.05, 4.69) is 20.6 Å². The topological polar surface area (TPSA) is 78.9 Å². The second-order valence-electron chi connectivity index (χ2n) is 6.04. The number of likely N-dealkylation sites (N-methyl/N-ethyl adjacent to an activating group) is 1. The zero-order chi connectivity index (χ0) is 19.2. The highest BCUT2D eigenvalue weighted by atomic mass is 127. The maximum Gasteiger partial charge on any atom is 0.434 e. The van der Waals surface area contributed by atoms with Crippen LogP contribution in [0.2, 0.25) is 0 Å². The minimum Gasteiger partial charge on any atom is -0.381 e. The largest absolute Gasteiger partial charge is 0.434 e. The van der Waals surface area contributed by atoms with Crippen molar-refractivity contribution in [2.75, 3.05) is 40.4 Å². The summed E-state index contributed by atoms with van der Waals surface area (Å²) >= 11 is 0.920. The van der Waals surface area contributed by atoms with E-state index in [-0.39, 0.29) is 48.0 Å². The first kappa shape index (κ1) is 23.9. The number of guanidine groups is 1. The van der Waals surface area contributed by atoms with Crippen molar-refractivity contribution in [1.82, 2.24) is 20.5 Å². The maximum atomic E-state index is 12.6. The normalized spacial score (nSPS) is 17.4. The van der Waals surface area contributed by atoms with Gasteiger partial charge in [-0.3, -0.25) is 4.79 Å². The third kappa shape index (κ3) is 8.17. The van der Waals surface area contributed by atoms with Crippen molar-refractivity contribution in [2.45, 2.75) is 19.1 Å². The molecular weight excluding hydrogens is 498 g/mol. The molecule has 27 heavy (non-hydrogen) atoms. The van der Waals surface area contributed by atoms with E-state index in [9.17, 15) is 18.0 Å². The fraction of sp³-hybridized carbons (Fsp3) is 0.667. The Morgan fingerprint density at radius 1 is 1.44 bits per heavy atom. The lowest BCUT2D eigenvalue weighted by molar-refractivity contribution is -0.140. The molecule has 0 bridgehead atoms. The van der Waals surface area contributed by atoms with Crippen LogP contribution < -0.4 is 10.6 Å². The van der Waals surface area contributed by atoms with E-state index in [4.69, 9.17) is 4.74 Å². The Morgan fingerprint density at radius 2 is 2.19 bits per heavy atom. The summed E-state index contributed by atoms with van der Waals surface area (Å²) in [6.45, 7) is 2.00. The third-order valence-corrected chi connectivity index (χ3v) is 4.55. The molecule has 1 aliphatic rings. The number of thiazole rings is 1. The van der Waals surface area contributed by atoms with Gasteiger partial charge in [-0.1, -0.05) is 0 Å². The Kier molecular flexibility index (Phi) is 9.73. The summed E-state index contributed by atoms with van der Waals surface area (Å²) in [7, 11) is 3.25. The highest BCUT2D eigenvalue weighted by Crippen LogP contribution is 2.29. The number of aromatic nitrogens is 1. The molecule has 0 aromatic carbocycles. The van der Waals surface area contributed by atoms with Gasteiger partial charge in [0.05, 0.1) is 13.2 Å². The number of carbonyl (C=O) groups excluding carboxylic acids is 1. The van der Waals surface area contributed by atoms with Crippen molar-refractivity contribution < 1.29 is 22.7 Å². The molecule has 154 valence electrons. The van der Waals surface area contributed by atoms with Crippen molar-refractivity contribution in [3.8, 4) is 0 Å². The van der Waals surface area contributed by atoms with E-state index in [0.717, 1.165) is 23.1 Å². The summed E-state index contributed by atoms with van der Waals surface area (Å²) in [5.74, 6) is 0.517. The fourth-order valence-corrected chi connectivity index (χ4v) is 2.87. The van der Waals surface area contributed by atoms with Crippen LogP contribution in [0.3, 0.4) is 0 Å². The Hall–Kier alpha value is -1.15. The molecule has 12 heteroatoms. The van der Waals surface area contributed by atoms with Crippen LogP contribution in [0.4, 0.5) is 13.2 Å². The van der Waals surface area contributed by atoms with Crippen molar-refractivity contribution in [3.63, 3.8) is 0 Å². The number of nitrogens with zero attached hydrogens (tertiary/aromatic N) is 3. The number of ether oxygens (including phenoxy) is 1. The SMILES string of the molecule is CN(C)C(=O)CN=C(NCc1nc(C(F)(F)F)cs1)NCC1CCOC1.I. The number of carbonyl (C=O) groups is 1. The second-order valence-corrected chi connectivity index (χ2v) is 6.98.